The second-order valence-electron chi connectivity index (χ2n) is 5.48. The molecule has 0 saturated carbocycles. The molecule has 1 aromatic carbocycles. The van der Waals surface area contributed by atoms with Crippen LogP contribution in [-0.2, 0) is 16.0 Å². The zero-order chi connectivity index (χ0) is 16.1. The number of hydrogen-bond donors (Lipinski definition) is 2. The van der Waals surface area contributed by atoms with E-state index < -0.39 is 11.9 Å². The van der Waals surface area contributed by atoms with Crippen molar-refractivity contribution in [2.24, 2.45) is 5.73 Å². The summed E-state index contributed by atoms with van der Waals surface area (Å²) in [5, 5.41) is 2.27. The van der Waals surface area contributed by atoms with E-state index in [4.69, 9.17) is 5.73 Å². The van der Waals surface area contributed by atoms with Crippen LogP contribution in [0, 0.1) is 0 Å². The molecule has 1 aliphatic heterocycles. The van der Waals surface area contributed by atoms with Crippen molar-refractivity contribution in [3.8, 4) is 0 Å². The van der Waals surface area contributed by atoms with Crippen molar-refractivity contribution in [2.75, 3.05) is 13.6 Å². The van der Waals surface area contributed by atoms with Crippen LogP contribution in [0.1, 0.15) is 35.2 Å². The van der Waals surface area contributed by atoms with E-state index in [-0.39, 0.29) is 18.2 Å². The van der Waals surface area contributed by atoms with Gasteiger partial charge in [-0.25, -0.2) is 0 Å². The molecule has 6 heteroatoms. The van der Waals surface area contributed by atoms with E-state index in [9.17, 15) is 14.4 Å². The largest absolute Gasteiger partial charge is 0.330 e. The number of nitrogens with one attached hydrogen (secondary N) is 1. The monoisotopic (exact) mass is 303 g/mol. The molecule has 118 valence electrons. The second kappa shape index (κ2) is 7.17. The van der Waals surface area contributed by atoms with Crippen molar-refractivity contribution in [3.05, 3.63) is 35.4 Å². The number of imide groups is 1. The van der Waals surface area contributed by atoms with Crippen molar-refractivity contribution < 1.29 is 14.4 Å². The number of amides is 3. The van der Waals surface area contributed by atoms with Gasteiger partial charge in [0.1, 0.15) is 6.04 Å². The summed E-state index contributed by atoms with van der Waals surface area (Å²) in [7, 11) is 1.59. The molecule has 2 rings (SSSR count). The van der Waals surface area contributed by atoms with E-state index in [2.05, 4.69) is 5.32 Å². The molecule has 6 nitrogen and oxygen atoms in total. The number of carbonyl (C=O) groups excluding carboxylic acids is 3. The zero-order valence-corrected chi connectivity index (χ0v) is 12.7. The van der Waals surface area contributed by atoms with Gasteiger partial charge in [0.2, 0.25) is 11.8 Å². The molecule has 0 aromatic heterocycles. The molecule has 1 heterocycles. The summed E-state index contributed by atoms with van der Waals surface area (Å²) in [6, 6.07) is 6.75. The SMILES string of the molecule is CN(C(=O)c1cccc(CCCN)c1)C1CCC(=O)NC1=O. The van der Waals surface area contributed by atoms with Crippen LogP contribution >= 0.6 is 0 Å². The quantitative estimate of drug-likeness (QED) is 0.773. The Kier molecular flexibility index (Phi) is 5.27. The minimum atomic E-state index is -0.599. The van der Waals surface area contributed by atoms with Crippen LogP contribution in [0.3, 0.4) is 0 Å². The number of nitrogens with zero attached hydrogens (tertiary/aromatic N) is 1. The fraction of sp³-hybridized carbons (Fsp3) is 0.438. The van der Waals surface area contributed by atoms with Crippen molar-refractivity contribution in [1.82, 2.24) is 10.2 Å². The summed E-state index contributed by atoms with van der Waals surface area (Å²) in [5.74, 6) is -0.915. The molecule has 1 atom stereocenters. The predicted octanol–water partition coefficient (Wildman–Crippen LogP) is 0.455. The fourth-order valence-electron chi connectivity index (χ4n) is 2.56. The van der Waals surface area contributed by atoms with Crippen LogP contribution in [0.4, 0.5) is 0 Å². The smallest absolute Gasteiger partial charge is 0.254 e. The molecule has 3 N–H and O–H groups in total. The van der Waals surface area contributed by atoms with Gasteiger partial charge in [0.05, 0.1) is 0 Å². The number of piperidine rings is 1. The number of hydrogen-bond acceptors (Lipinski definition) is 4. The fourth-order valence-corrected chi connectivity index (χ4v) is 2.56. The third kappa shape index (κ3) is 3.71. The van der Waals surface area contributed by atoms with E-state index in [0.29, 0.717) is 18.5 Å². The molecular formula is C16H21N3O3. The summed E-state index contributed by atoms with van der Waals surface area (Å²) in [5.41, 5.74) is 7.09. The summed E-state index contributed by atoms with van der Waals surface area (Å²) in [6.45, 7) is 0.606. The van der Waals surface area contributed by atoms with Gasteiger partial charge in [0.25, 0.3) is 5.91 Å². The van der Waals surface area contributed by atoms with Gasteiger partial charge in [-0.3, -0.25) is 19.7 Å². The average Bonchev–Trinajstić information content (AvgIpc) is 2.52. The van der Waals surface area contributed by atoms with Crippen LogP contribution in [0.25, 0.3) is 0 Å². The molecule has 0 bridgehead atoms. The summed E-state index contributed by atoms with van der Waals surface area (Å²) in [4.78, 5) is 37.0. The number of rotatable bonds is 5. The highest BCUT2D eigenvalue weighted by Crippen LogP contribution is 2.15. The van der Waals surface area contributed by atoms with Crippen LogP contribution in [0.2, 0.25) is 0 Å². The lowest BCUT2D eigenvalue weighted by Gasteiger charge is -2.29. The molecule has 0 aliphatic carbocycles. The first-order valence-corrected chi connectivity index (χ1v) is 7.43. The Bertz CT molecular complexity index is 586. The third-order valence-electron chi connectivity index (χ3n) is 3.84. The molecule has 1 saturated heterocycles. The molecule has 0 spiro atoms. The standard InChI is InChI=1S/C16H21N3O3/c1-19(13-7-8-14(20)18-15(13)21)16(22)12-6-2-4-11(10-12)5-3-9-17/h2,4,6,10,13H,3,5,7-9,17H2,1H3,(H,18,20,21). The van der Waals surface area contributed by atoms with E-state index in [1.165, 1.54) is 4.90 Å². The van der Waals surface area contributed by atoms with E-state index >= 15 is 0 Å². The minimum Gasteiger partial charge on any atom is -0.330 e. The van der Waals surface area contributed by atoms with Crippen LogP contribution in [0.15, 0.2) is 24.3 Å². The maximum Gasteiger partial charge on any atom is 0.254 e. The van der Waals surface area contributed by atoms with Crippen LogP contribution in [-0.4, -0.2) is 42.3 Å². The summed E-state index contributed by atoms with van der Waals surface area (Å²) < 4.78 is 0. The Balaban J connectivity index is 2.10. The first-order chi connectivity index (χ1) is 10.5. The number of carbonyl (C=O) groups is 3. The lowest BCUT2D eigenvalue weighted by atomic mass is 10.0. The highest BCUT2D eigenvalue weighted by atomic mass is 16.2. The Morgan fingerprint density at radius 3 is 2.86 bits per heavy atom. The van der Waals surface area contributed by atoms with Crippen molar-refractivity contribution >= 4 is 17.7 Å². The molecular weight excluding hydrogens is 282 g/mol. The normalized spacial score (nSPS) is 18.0. The van der Waals surface area contributed by atoms with Gasteiger partial charge >= 0.3 is 0 Å². The topological polar surface area (TPSA) is 92.5 Å². The molecule has 1 unspecified atom stereocenters. The van der Waals surface area contributed by atoms with Gasteiger partial charge in [-0.15, -0.1) is 0 Å². The van der Waals surface area contributed by atoms with Crippen molar-refractivity contribution in [1.29, 1.82) is 0 Å². The number of nitrogens with two attached hydrogens (primary N) is 1. The average molecular weight is 303 g/mol. The first-order valence-electron chi connectivity index (χ1n) is 7.43. The van der Waals surface area contributed by atoms with Crippen molar-refractivity contribution in [2.45, 2.75) is 31.7 Å². The Morgan fingerprint density at radius 1 is 1.41 bits per heavy atom. The van der Waals surface area contributed by atoms with E-state index in [1.54, 1.807) is 13.1 Å². The second-order valence-corrected chi connectivity index (χ2v) is 5.48. The summed E-state index contributed by atoms with van der Waals surface area (Å²) >= 11 is 0. The number of benzene rings is 1. The molecule has 22 heavy (non-hydrogen) atoms. The Morgan fingerprint density at radius 2 is 2.18 bits per heavy atom. The highest BCUT2D eigenvalue weighted by Gasteiger charge is 2.32. The maximum atomic E-state index is 12.5. The van der Waals surface area contributed by atoms with Gasteiger partial charge in [0.15, 0.2) is 0 Å². The predicted molar refractivity (Wildman–Crippen MR) is 82.1 cm³/mol. The maximum absolute atomic E-state index is 12.5. The van der Waals surface area contributed by atoms with E-state index in [1.807, 2.05) is 18.2 Å². The van der Waals surface area contributed by atoms with Gasteiger partial charge in [-0.1, -0.05) is 12.1 Å². The zero-order valence-electron chi connectivity index (χ0n) is 12.7. The Labute approximate surface area is 129 Å². The molecule has 3 amide bonds. The summed E-state index contributed by atoms with van der Waals surface area (Å²) in [6.07, 6.45) is 2.30. The minimum absolute atomic E-state index is 0.218. The molecule has 1 aliphatic rings. The van der Waals surface area contributed by atoms with E-state index in [0.717, 1.165) is 18.4 Å². The van der Waals surface area contributed by atoms with Gasteiger partial charge in [-0.2, -0.15) is 0 Å². The molecule has 0 radical (unpaired) electrons. The molecule has 1 aromatic rings. The number of likely N-dealkylation sites (N-methyl/N-ethyl adjacent to an activating group) is 1. The number of aryl methyl sites for hydroxylation is 1. The first kappa shape index (κ1) is 16.2. The lowest BCUT2D eigenvalue weighted by molar-refractivity contribution is -0.136. The molecule has 1 fully saturated rings. The third-order valence-corrected chi connectivity index (χ3v) is 3.84. The van der Waals surface area contributed by atoms with Crippen LogP contribution < -0.4 is 11.1 Å². The van der Waals surface area contributed by atoms with Gasteiger partial charge in [-0.05, 0) is 43.5 Å². The van der Waals surface area contributed by atoms with Gasteiger partial charge < -0.3 is 10.6 Å². The van der Waals surface area contributed by atoms with Gasteiger partial charge in [0, 0.05) is 19.0 Å². The Hall–Kier alpha value is -2.21. The van der Waals surface area contributed by atoms with Crippen LogP contribution in [0.5, 0.6) is 0 Å². The van der Waals surface area contributed by atoms with Crippen molar-refractivity contribution in [3.63, 3.8) is 0 Å². The highest BCUT2D eigenvalue weighted by molar-refractivity contribution is 6.03. The lowest BCUT2D eigenvalue weighted by Crippen LogP contribution is -2.52.